The van der Waals surface area contributed by atoms with Crippen LogP contribution in [-0.4, -0.2) is 23.1 Å². The number of nitrogens with one attached hydrogen (secondary N) is 1. The number of aliphatic carboxylic acids is 1. The number of likely N-dealkylation sites (N-methyl/N-ethyl adjacent to an activating group) is 1. The van der Waals surface area contributed by atoms with Crippen molar-refractivity contribution in [3.8, 4) is 0 Å². The van der Waals surface area contributed by atoms with Crippen LogP contribution in [0.4, 0.5) is 0 Å². The van der Waals surface area contributed by atoms with Gasteiger partial charge < -0.3 is 10.4 Å². The summed E-state index contributed by atoms with van der Waals surface area (Å²) in [4.78, 5) is 16.5. The molecule has 2 N–H and O–H groups in total. The third kappa shape index (κ3) is 2.50. The molecule has 1 fully saturated rings. The van der Waals surface area contributed by atoms with Gasteiger partial charge in [-0.1, -0.05) is 12.8 Å². The highest BCUT2D eigenvalue weighted by atomic mass is 32.1. The van der Waals surface area contributed by atoms with Crippen molar-refractivity contribution >= 4 is 17.3 Å². The third-order valence-electron chi connectivity index (χ3n) is 3.35. The van der Waals surface area contributed by atoms with Crippen molar-refractivity contribution in [2.75, 3.05) is 7.05 Å². The Morgan fingerprint density at radius 2 is 2.18 bits per heavy atom. The van der Waals surface area contributed by atoms with E-state index in [1.165, 1.54) is 25.7 Å². The van der Waals surface area contributed by atoms with E-state index in [0.717, 1.165) is 15.6 Å². The van der Waals surface area contributed by atoms with Crippen LogP contribution in [0.1, 0.15) is 53.2 Å². The highest BCUT2D eigenvalue weighted by Gasteiger charge is 2.26. The molecule has 0 bridgehead atoms. The molecule has 1 aromatic heterocycles. The van der Waals surface area contributed by atoms with Crippen LogP contribution in [0, 0.1) is 6.92 Å². The molecule has 1 aliphatic rings. The number of hydrogen-bond acceptors (Lipinski definition) is 4. The molecular weight excluding hydrogens is 236 g/mol. The predicted molar refractivity (Wildman–Crippen MR) is 67.5 cm³/mol. The van der Waals surface area contributed by atoms with Gasteiger partial charge in [-0.15, -0.1) is 11.3 Å². The van der Waals surface area contributed by atoms with Crippen LogP contribution < -0.4 is 5.32 Å². The van der Waals surface area contributed by atoms with Gasteiger partial charge in [0.2, 0.25) is 0 Å². The second-order valence-electron chi connectivity index (χ2n) is 4.54. The molecule has 0 aromatic carbocycles. The Morgan fingerprint density at radius 1 is 1.53 bits per heavy atom. The molecule has 0 amide bonds. The van der Waals surface area contributed by atoms with Crippen molar-refractivity contribution in [1.29, 1.82) is 0 Å². The maximum absolute atomic E-state index is 11.1. The number of carboxylic acids is 1. The van der Waals surface area contributed by atoms with Gasteiger partial charge in [0.15, 0.2) is 0 Å². The van der Waals surface area contributed by atoms with Crippen LogP contribution in [0.15, 0.2) is 0 Å². The molecule has 1 aromatic rings. The molecule has 94 valence electrons. The number of thiazole rings is 1. The van der Waals surface area contributed by atoms with Crippen molar-refractivity contribution in [1.82, 2.24) is 10.3 Å². The molecule has 2 rings (SSSR count). The fourth-order valence-electron chi connectivity index (χ4n) is 2.41. The van der Waals surface area contributed by atoms with E-state index in [4.69, 9.17) is 5.11 Å². The zero-order valence-electron chi connectivity index (χ0n) is 10.2. The molecule has 0 spiro atoms. The molecule has 1 heterocycles. The van der Waals surface area contributed by atoms with Crippen molar-refractivity contribution < 1.29 is 9.90 Å². The van der Waals surface area contributed by atoms with E-state index < -0.39 is 12.0 Å². The number of carboxylic acid groups (broad SMARTS) is 1. The number of nitrogens with zero attached hydrogens (tertiary/aromatic N) is 1. The summed E-state index contributed by atoms with van der Waals surface area (Å²) in [5.74, 6) is -0.282. The second-order valence-corrected chi connectivity index (χ2v) is 5.61. The Balaban J connectivity index is 2.25. The summed E-state index contributed by atoms with van der Waals surface area (Å²) < 4.78 is 0. The highest BCUT2D eigenvalue weighted by molar-refractivity contribution is 7.12. The van der Waals surface area contributed by atoms with Gasteiger partial charge in [-0.2, -0.15) is 0 Å². The number of rotatable bonds is 4. The topological polar surface area (TPSA) is 62.2 Å². The van der Waals surface area contributed by atoms with Gasteiger partial charge in [0.05, 0.1) is 15.6 Å². The second kappa shape index (κ2) is 5.14. The normalized spacial score (nSPS) is 18.5. The molecule has 1 aliphatic carbocycles. The van der Waals surface area contributed by atoms with Crippen LogP contribution in [0.2, 0.25) is 0 Å². The maximum Gasteiger partial charge on any atom is 0.326 e. The highest BCUT2D eigenvalue weighted by Crippen LogP contribution is 2.38. The Morgan fingerprint density at radius 3 is 2.71 bits per heavy atom. The minimum Gasteiger partial charge on any atom is -0.480 e. The predicted octanol–water partition coefficient (Wildman–Crippen LogP) is 2.45. The fourth-order valence-corrected chi connectivity index (χ4v) is 3.75. The van der Waals surface area contributed by atoms with E-state index >= 15 is 0 Å². The summed E-state index contributed by atoms with van der Waals surface area (Å²) in [6.07, 6.45) is 4.94. The minimum atomic E-state index is -0.836. The molecule has 1 atom stereocenters. The average Bonchev–Trinajstić information content (AvgIpc) is 2.89. The molecule has 0 aliphatic heterocycles. The number of aromatic nitrogens is 1. The Bertz CT molecular complexity index is 411. The van der Waals surface area contributed by atoms with Crippen LogP contribution in [-0.2, 0) is 4.79 Å². The smallest absolute Gasteiger partial charge is 0.326 e. The van der Waals surface area contributed by atoms with Crippen molar-refractivity contribution in [3.63, 3.8) is 0 Å². The maximum atomic E-state index is 11.1. The Hall–Kier alpha value is -0.940. The van der Waals surface area contributed by atoms with Crippen molar-refractivity contribution in [2.45, 2.75) is 44.6 Å². The standard InChI is InChI=1S/C12H18N2O2S/c1-7-10(9(13-2)12(15)16)17-11(14-7)8-5-3-4-6-8/h8-9,13H,3-6H2,1-2H3,(H,15,16). The lowest BCUT2D eigenvalue weighted by molar-refractivity contribution is -0.139. The average molecular weight is 254 g/mol. The van der Waals surface area contributed by atoms with E-state index in [-0.39, 0.29) is 0 Å². The molecule has 1 unspecified atom stereocenters. The van der Waals surface area contributed by atoms with E-state index in [1.54, 1.807) is 18.4 Å². The number of aryl methyl sites for hydroxylation is 1. The zero-order chi connectivity index (χ0) is 12.4. The third-order valence-corrected chi connectivity index (χ3v) is 4.74. The van der Waals surface area contributed by atoms with Crippen LogP contribution in [0.3, 0.4) is 0 Å². The van der Waals surface area contributed by atoms with Crippen LogP contribution in [0.5, 0.6) is 0 Å². The number of hydrogen-bond donors (Lipinski definition) is 2. The molecule has 17 heavy (non-hydrogen) atoms. The van der Waals surface area contributed by atoms with E-state index in [1.807, 2.05) is 6.92 Å². The molecule has 1 saturated carbocycles. The minimum absolute atomic E-state index is 0.554. The fraction of sp³-hybridized carbons (Fsp3) is 0.667. The van der Waals surface area contributed by atoms with Crippen LogP contribution in [0.25, 0.3) is 0 Å². The molecular formula is C12H18N2O2S. The monoisotopic (exact) mass is 254 g/mol. The van der Waals surface area contributed by atoms with E-state index in [0.29, 0.717) is 5.92 Å². The van der Waals surface area contributed by atoms with Gasteiger partial charge in [-0.05, 0) is 26.8 Å². The number of carbonyl (C=O) groups is 1. The first-order valence-corrected chi connectivity index (χ1v) is 6.82. The first kappa shape index (κ1) is 12.5. The molecule has 4 nitrogen and oxygen atoms in total. The Kier molecular flexibility index (Phi) is 3.79. The van der Waals surface area contributed by atoms with Gasteiger partial charge in [0, 0.05) is 5.92 Å². The van der Waals surface area contributed by atoms with Crippen molar-refractivity contribution in [3.05, 3.63) is 15.6 Å². The SMILES string of the molecule is CNC(C(=O)O)c1sc(C2CCCC2)nc1C. The zero-order valence-corrected chi connectivity index (χ0v) is 11.0. The summed E-state index contributed by atoms with van der Waals surface area (Å²) in [5, 5.41) is 13.1. The lowest BCUT2D eigenvalue weighted by atomic mass is 10.1. The van der Waals surface area contributed by atoms with Gasteiger partial charge in [-0.25, -0.2) is 4.98 Å². The van der Waals surface area contributed by atoms with Gasteiger partial charge in [0.1, 0.15) is 6.04 Å². The van der Waals surface area contributed by atoms with Crippen molar-refractivity contribution in [2.24, 2.45) is 0 Å². The summed E-state index contributed by atoms with van der Waals surface area (Å²) >= 11 is 1.56. The Labute approximate surface area is 105 Å². The summed E-state index contributed by atoms with van der Waals surface area (Å²) in [5.41, 5.74) is 0.860. The van der Waals surface area contributed by atoms with Gasteiger partial charge >= 0.3 is 5.97 Å². The van der Waals surface area contributed by atoms with Gasteiger partial charge in [-0.3, -0.25) is 4.79 Å². The largest absolute Gasteiger partial charge is 0.480 e. The molecule has 0 radical (unpaired) electrons. The lowest BCUT2D eigenvalue weighted by Gasteiger charge is -2.09. The van der Waals surface area contributed by atoms with E-state index in [2.05, 4.69) is 10.3 Å². The first-order chi connectivity index (χ1) is 8.13. The summed E-state index contributed by atoms with van der Waals surface area (Å²) in [6, 6.07) is -0.623. The lowest BCUT2D eigenvalue weighted by Crippen LogP contribution is -2.24. The first-order valence-electron chi connectivity index (χ1n) is 6.00. The van der Waals surface area contributed by atoms with Gasteiger partial charge in [0.25, 0.3) is 0 Å². The quantitative estimate of drug-likeness (QED) is 0.866. The van der Waals surface area contributed by atoms with E-state index in [9.17, 15) is 4.79 Å². The van der Waals surface area contributed by atoms with Crippen LogP contribution >= 0.6 is 11.3 Å². The summed E-state index contributed by atoms with van der Waals surface area (Å²) in [7, 11) is 1.67. The summed E-state index contributed by atoms with van der Waals surface area (Å²) in [6.45, 7) is 1.90. The molecule has 5 heteroatoms. The molecule has 0 saturated heterocycles.